The number of amides is 1. The second kappa shape index (κ2) is 13.0. The number of aliphatic hydroxyl groups excluding tert-OH is 1. The number of nitrogens with zero attached hydrogens (tertiary/aromatic N) is 1. The first-order valence-corrected chi connectivity index (χ1v) is 14.7. The molecule has 2 aliphatic heterocycles. The second-order valence-electron chi connectivity index (χ2n) is 11.3. The third kappa shape index (κ3) is 7.17. The number of carbonyl (C=O) groups is 1. The number of piperidine rings is 1. The van der Waals surface area contributed by atoms with E-state index in [0.29, 0.717) is 24.4 Å². The Bertz CT molecular complexity index is 1290. The van der Waals surface area contributed by atoms with Gasteiger partial charge in [-0.1, -0.05) is 79.2 Å². The van der Waals surface area contributed by atoms with Crippen LogP contribution in [-0.4, -0.2) is 46.8 Å². The van der Waals surface area contributed by atoms with Crippen molar-refractivity contribution >= 4 is 17.5 Å². The number of likely N-dealkylation sites (tertiary alicyclic amines) is 1. The summed E-state index contributed by atoms with van der Waals surface area (Å²) in [6, 6.07) is 23.4. The molecule has 0 bridgehead atoms. The number of hydrogen-bond acceptors (Lipinski definition) is 6. The molecule has 2 fully saturated rings. The molecule has 8 heteroatoms. The lowest BCUT2D eigenvalue weighted by Gasteiger charge is -2.45. The molecule has 1 amide bonds. The molecule has 3 aromatic carbocycles. The van der Waals surface area contributed by atoms with Crippen molar-refractivity contribution in [2.24, 2.45) is 5.92 Å². The van der Waals surface area contributed by atoms with Crippen molar-refractivity contribution in [3.8, 4) is 0 Å². The fourth-order valence-corrected chi connectivity index (χ4v) is 5.88. The van der Waals surface area contributed by atoms with Gasteiger partial charge in [0.15, 0.2) is 6.29 Å². The van der Waals surface area contributed by atoms with E-state index in [2.05, 4.69) is 17.1 Å². The van der Waals surface area contributed by atoms with Gasteiger partial charge in [-0.05, 0) is 47.2 Å². The number of rotatable bonds is 8. The molecular weight excluding hydrogens is 540 g/mol. The molecule has 3 N–H and O–H groups in total. The molecule has 0 saturated carbocycles. The third-order valence-electron chi connectivity index (χ3n) is 8.42. The molecule has 0 radical (unpaired) electrons. The molecule has 2 aliphatic rings. The first kappa shape index (κ1) is 29.7. The van der Waals surface area contributed by atoms with Crippen molar-refractivity contribution in [2.75, 3.05) is 19.6 Å². The average Bonchev–Trinajstić information content (AvgIpc) is 2.99. The average molecular weight is 579 g/mol. The molecule has 218 valence electrons. The van der Waals surface area contributed by atoms with E-state index < -0.39 is 11.9 Å². The van der Waals surface area contributed by atoms with Crippen LogP contribution in [0.25, 0.3) is 0 Å². The zero-order chi connectivity index (χ0) is 29.0. The highest BCUT2D eigenvalue weighted by Crippen LogP contribution is 2.42. The minimum Gasteiger partial charge on any atom is -0.392 e. The van der Waals surface area contributed by atoms with Gasteiger partial charge in [-0.3, -0.25) is 4.79 Å². The predicted octanol–water partition coefficient (Wildman–Crippen LogP) is 5.24. The van der Waals surface area contributed by atoms with Crippen molar-refractivity contribution in [1.29, 1.82) is 0 Å². The number of nitrogens with one attached hydrogen (secondary N) is 1. The highest BCUT2D eigenvalue weighted by Gasteiger charge is 2.41. The van der Waals surface area contributed by atoms with E-state index in [-0.39, 0.29) is 30.6 Å². The first-order chi connectivity index (χ1) is 19.7. The van der Waals surface area contributed by atoms with Gasteiger partial charge in [-0.25, -0.2) is 0 Å². The molecule has 3 aromatic rings. The van der Waals surface area contributed by atoms with Crippen molar-refractivity contribution in [1.82, 2.24) is 10.2 Å². The Morgan fingerprint density at radius 1 is 0.951 bits per heavy atom. The molecule has 7 nitrogen and oxygen atoms in total. The number of benzene rings is 3. The van der Waals surface area contributed by atoms with Crippen LogP contribution in [0.1, 0.15) is 66.9 Å². The number of hydrogen-bond donors (Lipinski definition) is 3. The van der Waals surface area contributed by atoms with Crippen molar-refractivity contribution in [3.05, 3.63) is 106 Å². The number of aliphatic hydroxyl groups is 2. The highest BCUT2D eigenvalue weighted by atomic mass is 35.5. The Kier molecular flexibility index (Phi) is 9.44. The summed E-state index contributed by atoms with van der Waals surface area (Å²) in [4.78, 5) is 13.7. The van der Waals surface area contributed by atoms with Crippen LogP contribution in [0.15, 0.2) is 72.8 Å². The zero-order valence-corrected chi connectivity index (χ0v) is 24.4. The topological polar surface area (TPSA) is 91.3 Å². The fourth-order valence-electron chi connectivity index (χ4n) is 5.76. The lowest BCUT2D eigenvalue weighted by molar-refractivity contribution is -0.277. The molecule has 0 unspecified atom stereocenters. The van der Waals surface area contributed by atoms with E-state index in [9.17, 15) is 15.0 Å². The summed E-state index contributed by atoms with van der Waals surface area (Å²) >= 11 is 6.06. The number of halogens is 1. The third-order valence-corrected chi connectivity index (χ3v) is 8.67. The van der Waals surface area contributed by atoms with Gasteiger partial charge in [0.1, 0.15) is 0 Å². The minimum absolute atomic E-state index is 0.00210. The van der Waals surface area contributed by atoms with E-state index in [1.807, 2.05) is 72.8 Å². The van der Waals surface area contributed by atoms with Crippen LogP contribution in [0.3, 0.4) is 0 Å². The summed E-state index contributed by atoms with van der Waals surface area (Å²) in [7, 11) is 0. The van der Waals surface area contributed by atoms with Crippen LogP contribution in [0, 0.1) is 5.92 Å². The van der Waals surface area contributed by atoms with Crippen LogP contribution in [0.4, 0.5) is 0 Å². The van der Waals surface area contributed by atoms with Gasteiger partial charge in [0.25, 0.3) is 0 Å². The van der Waals surface area contributed by atoms with Crippen molar-refractivity contribution in [2.45, 2.75) is 63.9 Å². The standard InChI is InChI=1S/C33H39ClN2O5/c1-22-30(20-36-17-15-33(39,16-18-36)28-11-13-29(34)14-12-28)40-32(27-9-3-24(4-10-27)19-35-23(2)38)41-31(22)26-7-5-25(21-37)6-8-26/h3-14,22,30-32,37,39H,15-21H2,1-2H3,(H,35,38)/t22-,30+,31+,32+/m0/s1. The monoisotopic (exact) mass is 578 g/mol. The Labute approximate surface area is 247 Å². The van der Waals surface area contributed by atoms with Crippen molar-refractivity contribution in [3.63, 3.8) is 0 Å². The minimum atomic E-state index is -0.859. The van der Waals surface area contributed by atoms with Crippen LogP contribution >= 0.6 is 11.6 Å². The van der Waals surface area contributed by atoms with Crippen LogP contribution < -0.4 is 5.32 Å². The molecule has 41 heavy (non-hydrogen) atoms. The molecule has 5 rings (SSSR count). The van der Waals surface area contributed by atoms with Gasteiger partial charge in [-0.15, -0.1) is 0 Å². The van der Waals surface area contributed by atoms with E-state index in [1.54, 1.807) is 0 Å². The van der Waals surface area contributed by atoms with Gasteiger partial charge < -0.3 is 29.9 Å². The summed E-state index contributed by atoms with van der Waals surface area (Å²) in [6.45, 7) is 6.37. The summed E-state index contributed by atoms with van der Waals surface area (Å²) in [5.41, 5.74) is 3.87. The van der Waals surface area contributed by atoms with E-state index in [4.69, 9.17) is 21.1 Å². The maximum absolute atomic E-state index is 11.4. The van der Waals surface area contributed by atoms with Crippen molar-refractivity contribution < 1.29 is 24.5 Å². The van der Waals surface area contributed by atoms with E-state index >= 15 is 0 Å². The molecule has 0 aromatic heterocycles. The largest absolute Gasteiger partial charge is 0.392 e. The molecular formula is C33H39ClN2O5. The predicted molar refractivity (Wildman–Crippen MR) is 158 cm³/mol. The summed E-state index contributed by atoms with van der Waals surface area (Å²) in [5.74, 6) is 0.00608. The first-order valence-electron chi connectivity index (χ1n) is 14.3. The second-order valence-corrected chi connectivity index (χ2v) is 11.7. The Morgan fingerprint density at radius 2 is 1.56 bits per heavy atom. The Hall–Kier alpha value is -2.78. The van der Waals surface area contributed by atoms with E-state index in [1.165, 1.54) is 6.92 Å². The highest BCUT2D eigenvalue weighted by molar-refractivity contribution is 6.30. The maximum atomic E-state index is 11.4. The molecule has 0 spiro atoms. The van der Waals surface area contributed by atoms with Gasteiger partial charge in [0, 0.05) is 49.6 Å². The number of carbonyl (C=O) groups excluding carboxylic acids is 1. The Balaban J connectivity index is 1.31. The maximum Gasteiger partial charge on any atom is 0.217 e. The summed E-state index contributed by atoms with van der Waals surface area (Å²) < 4.78 is 13.2. The van der Waals surface area contributed by atoms with Gasteiger partial charge in [0.2, 0.25) is 5.91 Å². The smallest absolute Gasteiger partial charge is 0.217 e. The molecule has 2 heterocycles. The fraction of sp³-hybridized carbons (Fsp3) is 0.424. The molecule has 0 aliphatic carbocycles. The van der Waals surface area contributed by atoms with Gasteiger partial charge >= 0.3 is 0 Å². The van der Waals surface area contributed by atoms with E-state index in [0.717, 1.165) is 47.5 Å². The molecule has 4 atom stereocenters. The lowest BCUT2D eigenvalue weighted by atomic mass is 9.84. The Morgan fingerprint density at radius 3 is 2.17 bits per heavy atom. The van der Waals surface area contributed by atoms with Crippen LogP contribution in [0.2, 0.25) is 5.02 Å². The number of ether oxygens (including phenoxy) is 2. The zero-order valence-electron chi connectivity index (χ0n) is 23.6. The SMILES string of the molecule is CC(=O)NCc1ccc([C@@H]2O[C@H](CN3CCC(O)(c4ccc(Cl)cc4)CC3)[C@H](C)[C@H](c3ccc(CO)cc3)O2)cc1. The molecule has 2 saturated heterocycles. The normalized spacial score (nSPS) is 24.6. The summed E-state index contributed by atoms with van der Waals surface area (Å²) in [5, 5.41) is 24.4. The van der Waals surface area contributed by atoms with Gasteiger partial charge in [0.05, 0.1) is 24.4 Å². The van der Waals surface area contributed by atoms with Gasteiger partial charge in [-0.2, -0.15) is 0 Å². The quantitative estimate of drug-likeness (QED) is 0.338. The van der Waals surface area contributed by atoms with Crippen LogP contribution in [-0.2, 0) is 33.0 Å². The lowest BCUT2D eigenvalue weighted by Crippen LogP contribution is -2.49. The summed E-state index contributed by atoms with van der Waals surface area (Å²) in [6.07, 6.45) is 0.428. The van der Waals surface area contributed by atoms with Crippen LogP contribution in [0.5, 0.6) is 0 Å².